The van der Waals surface area contributed by atoms with Crippen molar-refractivity contribution in [2.45, 2.75) is 40.0 Å². The van der Waals surface area contributed by atoms with Crippen LogP contribution in [0.15, 0.2) is 24.3 Å². The summed E-state index contributed by atoms with van der Waals surface area (Å²) in [6.07, 6.45) is -1.11. The second-order valence-corrected chi connectivity index (χ2v) is 8.91. The number of amides is 2. The molecule has 7 nitrogen and oxygen atoms in total. The van der Waals surface area contributed by atoms with E-state index in [1.54, 1.807) is 24.3 Å². The Morgan fingerprint density at radius 2 is 1.87 bits per heavy atom. The molecule has 0 saturated carbocycles. The average molecular weight is 433 g/mol. The molecule has 2 amide bonds. The van der Waals surface area contributed by atoms with Crippen LogP contribution in [0.5, 0.6) is 5.75 Å². The number of ether oxygens (including phenoxy) is 1. The fourth-order valence-corrected chi connectivity index (χ4v) is 4.76. The van der Waals surface area contributed by atoms with Gasteiger partial charge in [0.15, 0.2) is 0 Å². The van der Waals surface area contributed by atoms with Crippen molar-refractivity contribution in [3.8, 4) is 5.75 Å². The third-order valence-corrected chi connectivity index (χ3v) is 6.20. The number of alkyl halides is 1. The molecule has 30 heavy (non-hydrogen) atoms. The van der Waals surface area contributed by atoms with Crippen molar-refractivity contribution >= 4 is 51.7 Å². The summed E-state index contributed by atoms with van der Waals surface area (Å²) in [6, 6.07) is 6.84. The van der Waals surface area contributed by atoms with Crippen LogP contribution in [-0.2, 0) is 15.0 Å². The van der Waals surface area contributed by atoms with Crippen LogP contribution in [0.2, 0.25) is 0 Å². The maximum absolute atomic E-state index is 12.1. The first-order valence-corrected chi connectivity index (χ1v) is 10.1. The lowest BCUT2D eigenvalue weighted by atomic mass is 9.64. The minimum atomic E-state index is -1.11. The highest BCUT2D eigenvalue weighted by atomic mass is 35.5. The van der Waals surface area contributed by atoms with E-state index in [-0.39, 0.29) is 29.5 Å². The van der Waals surface area contributed by atoms with Crippen molar-refractivity contribution in [2.75, 3.05) is 22.6 Å². The summed E-state index contributed by atoms with van der Waals surface area (Å²) < 4.78 is 5.41. The Hall–Kier alpha value is -2.80. The van der Waals surface area contributed by atoms with Crippen LogP contribution in [0, 0.1) is 5.41 Å². The van der Waals surface area contributed by atoms with Crippen LogP contribution >= 0.6 is 11.6 Å². The van der Waals surface area contributed by atoms with Crippen molar-refractivity contribution in [3.63, 3.8) is 0 Å². The summed E-state index contributed by atoms with van der Waals surface area (Å²) in [6.45, 7) is 8.94. The zero-order valence-corrected chi connectivity index (χ0v) is 18.4. The molecule has 1 heterocycles. The predicted molar refractivity (Wildman–Crippen MR) is 117 cm³/mol. The highest BCUT2D eigenvalue weighted by molar-refractivity contribution is 6.19. The first kappa shape index (κ1) is 21.9. The van der Waals surface area contributed by atoms with Crippen LogP contribution in [-0.4, -0.2) is 35.5 Å². The van der Waals surface area contributed by atoms with Gasteiger partial charge in [-0.1, -0.05) is 20.8 Å². The summed E-state index contributed by atoms with van der Waals surface area (Å²) in [4.78, 5) is 36.6. The van der Waals surface area contributed by atoms with E-state index in [4.69, 9.17) is 16.3 Å². The molecule has 0 fully saturated rings. The third kappa shape index (κ3) is 3.47. The van der Waals surface area contributed by atoms with Gasteiger partial charge in [0, 0.05) is 48.8 Å². The van der Waals surface area contributed by atoms with E-state index in [1.807, 2.05) is 20.8 Å². The number of hydrogen-bond donors (Lipinski definition) is 2. The summed E-state index contributed by atoms with van der Waals surface area (Å²) in [5, 5.41) is 14.0. The summed E-state index contributed by atoms with van der Waals surface area (Å²) in [7, 11) is 0. The zero-order valence-electron chi connectivity index (χ0n) is 17.6. The highest BCUT2D eigenvalue weighted by Crippen LogP contribution is 2.55. The quantitative estimate of drug-likeness (QED) is 0.414. The van der Waals surface area contributed by atoms with E-state index in [0.717, 1.165) is 5.56 Å². The Labute approximate surface area is 179 Å². The maximum atomic E-state index is 12.1. The molecule has 0 aliphatic carbocycles. The number of nitrogens with one attached hydrogen (secondary N) is 1. The molecule has 2 N–H and O–H groups in total. The number of rotatable bonds is 3. The van der Waals surface area contributed by atoms with Gasteiger partial charge in [0.2, 0.25) is 5.91 Å². The third-order valence-electron chi connectivity index (χ3n) is 5.74. The number of nitrogens with zero attached hydrogens (tertiary/aromatic N) is 1. The van der Waals surface area contributed by atoms with E-state index >= 15 is 0 Å². The SMILES string of the molecule is CC(=O)Nc1ccc2c(OC(C)=O)cc3c(c2c1)[C@](CCl)(C(C)(C)C)CN3C(=O)O. The maximum Gasteiger partial charge on any atom is 0.411 e. The molecule has 8 heteroatoms. The van der Waals surface area contributed by atoms with Crippen molar-refractivity contribution in [1.82, 2.24) is 0 Å². The molecule has 3 rings (SSSR count). The minimum absolute atomic E-state index is 0.174. The number of carboxylic acid groups (broad SMARTS) is 1. The molecule has 0 unspecified atom stereocenters. The Morgan fingerprint density at radius 3 is 2.37 bits per heavy atom. The molecule has 0 saturated heterocycles. The fourth-order valence-electron chi connectivity index (χ4n) is 4.14. The van der Waals surface area contributed by atoms with Gasteiger partial charge in [-0.2, -0.15) is 0 Å². The van der Waals surface area contributed by atoms with E-state index in [1.165, 1.54) is 18.7 Å². The first-order valence-electron chi connectivity index (χ1n) is 9.55. The molecule has 2 aromatic rings. The summed E-state index contributed by atoms with van der Waals surface area (Å²) >= 11 is 6.52. The van der Waals surface area contributed by atoms with E-state index in [2.05, 4.69) is 5.32 Å². The number of carbonyl (C=O) groups is 3. The van der Waals surface area contributed by atoms with Gasteiger partial charge in [0.05, 0.1) is 5.69 Å². The Morgan fingerprint density at radius 1 is 1.20 bits per heavy atom. The number of anilines is 2. The van der Waals surface area contributed by atoms with E-state index < -0.39 is 17.5 Å². The molecule has 1 aliphatic heterocycles. The Kier molecular flexibility index (Phi) is 5.45. The Bertz CT molecular complexity index is 1060. The van der Waals surface area contributed by atoms with Gasteiger partial charge in [-0.25, -0.2) is 4.79 Å². The number of carbonyl (C=O) groups excluding carboxylic acids is 2. The van der Waals surface area contributed by atoms with Gasteiger partial charge >= 0.3 is 12.1 Å². The molecular weight excluding hydrogens is 408 g/mol. The summed E-state index contributed by atoms with van der Waals surface area (Å²) in [5.41, 5.74) is 0.688. The number of fused-ring (bicyclic) bond motifs is 3. The van der Waals surface area contributed by atoms with Gasteiger partial charge in [0.1, 0.15) is 5.75 Å². The normalized spacial score (nSPS) is 18.3. The van der Waals surface area contributed by atoms with Gasteiger partial charge in [-0.05, 0) is 34.6 Å². The minimum Gasteiger partial charge on any atom is -0.465 e. The number of benzene rings is 2. The number of halogens is 1. The van der Waals surface area contributed by atoms with Crippen LogP contribution in [0.4, 0.5) is 16.2 Å². The molecule has 0 aromatic heterocycles. The van der Waals surface area contributed by atoms with Gasteiger partial charge in [-0.15, -0.1) is 11.6 Å². The van der Waals surface area contributed by atoms with Gasteiger partial charge < -0.3 is 15.2 Å². The van der Waals surface area contributed by atoms with E-state index in [0.29, 0.717) is 22.1 Å². The first-order chi connectivity index (χ1) is 13.9. The van der Waals surface area contributed by atoms with Crippen LogP contribution in [0.1, 0.15) is 40.2 Å². The lowest BCUT2D eigenvalue weighted by Crippen LogP contribution is -2.46. The van der Waals surface area contributed by atoms with Crippen LogP contribution in [0.25, 0.3) is 10.8 Å². The molecule has 0 spiro atoms. The monoisotopic (exact) mass is 432 g/mol. The van der Waals surface area contributed by atoms with E-state index in [9.17, 15) is 19.5 Å². The lowest BCUT2D eigenvalue weighted by Gasteiger charge is -2.41. The molecular formula is C22H25ClN2O5. The van der Waals surface area contributed by atoms with Gasteiger partial charge in [0.25, 0.3) is 0 Å². The summed E-state index contributed by atoms with van der Waals surface area (Å²) in [5.74, 6) is -0.286. The number of hydrogen-bond acceptors (Lipinski definition) is 4. The zero-order chi connectivity index (χ0) is 22.4. The second-order valence-electron chi connectivity index (χ2n) is 8.64. The average Bonchev–Trinajstić information content (AvgIpc) is 2.96. The van der Waals surface area contributed by atoms with Crippen molar-refractivity contribution in [2.24, 2.45) is 5.41 Å². The second kappa shape index (κ2) is 7.47. The fraction of sp³-hybridized carbons (Fsp3) is 0.409. The molecule has 1 atom stereocenters. The standard InChI is InChI=1S/C22H25ClN2O5/c1-12(26)24-14-6-7-15-16(8-14)19-17(9-18(15)30-13(2)27)25(20(28)29)11-22(19,10-23)21(3,4)5/h6-9H,10-11H2,1-5H3,(H,24,26)(H,28,29)/t22-/m1/s1. The van der Waals surface area contributed by atoms with Crippen LogP contribution < -0.4 is 15.0 Å². The topological polar surface area (TPSA) is 95.9 Å². The predicted octanol–water partition coefficient (Wildman–Crippen LogP) is 4.74. The molecule has 0 bridgehead atoms. The largest absolute Gasteiger partial charge is 0.465 e. The van der Waals surface area contributed by atoms with Crippen molar-refractivity contribution < 1.29 is 24.2 Å². The molecule has 2 aromatic carbocycles. The number of esters is 1. The van der Waals surface area contributed by atoms with Crippen LogP contribution in [0.3, 0.4) is 0 Å². The van der Waals surface area contributed by atoms with Crippen molar-refractivity contribution in [1.29, 1.82) is 0 Å². The lowest BCUT2D eigenvalue weighted by molar-refractivity contribution is -0.131. The molecule has 1 aliphatic rings. The smallest absolute Gasteiger partial charge is 0.411 e. The van der Waals surface area contributed by atoms with Crippen molar-refractivity contribution in [3.05, 3.63) is 29.8 Å². The molecule has 0 radical (unpaired) electrons. The van der Waals surface area contributed by atoms with Gasteiger partial charge in [-0.3, -0.25) is 14.5 Å². The molecule has 160 valence electrons. The Balaban J connectivity index is 2.46. The highest BCUT2D eigenvalue weighted by Gasteiger charge is 2.52.